The molecule has 0 spiro atoms. The number of carbonyl (C=O) groups is 2. The smallest absolute Gasteiger partial charge is 0.336 e. The summed E-state index contributed by atoms with van der Waals surface area (Å²) in [4.78, 5) is 24.4. The van der Waals surface area contributed by atoms with Crippen molar-refractivity contribution in [3.05, 3.63) is 45.1 Å². The molecule has 1 aromatic rings. The van der Waals surface area contributed by atoms with Crippen molar-refractivity contribution in [3.8, 4) is 0 Å². The Hall–Kier alpha value is -1.17. The van der Waals surface area contributed by atoms with Gasteiger partial charge in [-0.25, -0.2) is 4.79 Å². The van der Waals surface area contributed by atoms with Crippen LogP contribution in [0.15, 0.2) is 29.5 Å². The van der Waals surface area contributed by atoms with E-state index in [0.29, 0.717) is 39.2 Å². The lowest BCUT2D eigenvalue weighted by Gasteiger charge is -2.27. The van der Waals surface area contributed by atoms with Crippen molar-refractivity contribution < 1.29 is 14.3 Å². The zero-order valence-electron chi connectivity index (χ0n) is 12.8. The summed E-state index contributed by atoms with van der Waals surface area (Å²) < 4.78 is 5.30. The Labute approximate surface area is 149 Å². The lowest BCUT2D eigenvalue weighted by Crippen LogP contribution is -2.34. The summed E-state index contributed by atoms with van der Waals surface area (Å²) in [5, 5.41) is 3.44. The molecule has 0 fully saturated rings. The van der Waals surface area contributed by atoms with Gasteiger partial charge in [0.15, 0.2) is 0 Å². The molecule has 7 heteroatoms. The van der Waals surface area contributed by atoms with Gasteiger partial charge in [-0.2, -0.15) is 11.8 Å². The number of amides is 1. The van der Waals surface area contributed by atoms with Crippen molar-refractivity contribution in [2.45, 2.75) is 19.3 Å². The van der Waals surface area contributed by atoms with Gasteiger partial charge in [0.05, 0.1) is 15.6 Å². The Morgan fingerprint density at radius 3 is 2.87 bits per heavy atom. The molecule has 1 aliphatic rings. The van der Waals surface area contributed by atoms with Crippen molar-refractivity contribution in [2.24, 2.45) is 0 Å². The molecule has 4 nitrogen and oxygen atoms in total. The molecule has 0 saturated carbocycles. The predicted molar refractivity (Wildman–Crippen MR) is 94.0 cm³/mol. The van der Waals surface area contributed by atoms with Crippen LogP contribution in [0.25, 0.3) is 0 Å². The second-order valence-corrected chi connectivity index (χ2v) is 6.89. The normalized spacial score (nSPS) is 17.9. The summed E-state index contributed by atoms with van der Waals surface area (Å²) in [6, 6.07) is 5.20. The molecule has 0 bridgehead atoms. The summed E-state index contributed by atoms with van der Waals surface area (Å²) in [5.74, 6) is -0.342. The number of ether oxygens (including phenoxy) is 1. The quantitative estimate of drug-likeness (QED) is 0.630. The van der Waals surface area contributed by atoms with E-state index in [9.17, 15) is 9.59 Å². The maximum atomic E-state index is 12.5. The fourth-order valence-electron chi connectivity index (χ4n) is 2.52. The first-order valence-corrected chi connectivity index (χ1v) is 9.21. The Bertz CT molecular complexity index is 661. The Kier molecular flexibility index (Phi) is 6.39. The van der Waals surface area contributed by atoms with Crippen LogP contribution in [0.1, 0.15) is 24.8 Å². The van der Waals surface area contributed by atoms with E-state index in [1.54, 1.807) is 36.9 Å². The maximum absolute atomic E-state index is 12.5. The van der Waals surface area contributed by atoms with Gasteiger partial charge in [0, 0.05) is 23.8 Å². The Balaban J connectivity index is 2.38. The highest BCUT2D eigenvalue weighted by atomic mass is 35.5. The van der Waals surface area contributed by atoms with Crippen molar-refractivity contribution in [3.63, 3.8) is 0 Å². The number of carbonyl (C=O) groups excluding carboxylic acids is 2. The predicted octanol–water partition coefficient (Wildman–Crippen LogP) is 3.78. The molecule has 23 heavy (non-hydrogen) atoms. The average molecular weight is 374 g/mol. The third kappa shape index (κ3) is 4.22. The molecular formula is C16H17Cl2NO3S. The average Bonchev–Trinajstić information content (AvgIpc) is 2.49. The summed E-state index contributed by atoms with van der Waals surface area (Å²) >= 11 is 13.9. The van der Waals surface area contributed by atoms with E-state index in [0.717, 1.165) is 0 Å². The molecule has 1 atom stereocenters. The Morgan fingerprint density at radius 2 is 2.17 bits per heavy atom. The van der Waals surface area contributed by atoms with Gasteiger partial charge < -0.3 is 10.1 Å². The third-order valence-electron chi connectivity index (χ3n) is 3.57. The molecule has 124 valence electrons. The Morgan fingerprint density at radius 1 is 1.43 bits per heavy atom. The summed E-state index contributed by atoms with van der Waals surface area (Å²) in [6.07, 6.45) is 2.07. The highest BCUT2D eigenvalue weighted by Gasteiger charge is 2.34. The first kappa shape index (κ1) is 18.2. The first-order valence-electron chi connectivity index (χ1n) is 7.06. The molecule has 1 heterocycles. The number of nitrogens with one attached hydrogen (secondary N) is 1. The molecular weight excluding hydrogens is 357 g/mol. The standard InChI is InChI=1S/C16H17Cl2NO3S/c1-9-14(16(21)22-6-7-23-2)11(8-13(20)19-9)10-4-3-5-12(17)15(10)18/h3-5,11H,6-8H2,1-2H3,(H,19,20). The molecule has 1 N–H and O–H groups in total. The molecule has 1 aromatic carbocycles. The van der Waals surface area contributed by atoms with Gasteiger partial charge in [-0.3, -0.25) is 4.79 Å². The van der Waals surface area contributed by atoms with Gasteiger partial charge in [-0.15, -0.1) is 0 Å². The number of thioether (sulfide) groups is 1. The van der Waals surface area contributed by atoms with Crippen LogP contribution in [0, 0.1) is 0 Å². The number of rotatable bonds is 5. The van der Waals surface area contributed by atoms with Crippen LogP contribution in [-0.2, 0) is 14.3 Å². The zero-order valence-corrected chi connectivity index (χ0v) is 15.1. The monoisotopic (exact) mass is 373 g/mol. The van der Waals surface area contributed by atoms with E-state index in [1.807, 2.05) is 6.26 Å². The van der Waals surface area contributed by atoms with Crippen molar-refractivity contribution in [1.82, 2.24) is 5.32 Å². The van der Waals surface area contributed by atoms with Crippen molar-refractivity contribution in [2.75, 3.05) is 18.6 Å². The van der Waals surface area contributed by atoms with Crippen LogP contribution >= 0.6 is 35.0 Å². The fourth-order valence-corrected chi connectivity index (χ4v) is 3.21. The molecule has 0 radical (unpaired) electrons. The van der Waals surface area contributed by atoms with Gasteiger partial charge in [-0.05, 0) is 24.8 Å². The maximum Gasteiger partial charge on any atom is 0.336 e. The molecule has 0 saturated heterocycles. The second-order valence-electron chi connectivity index (χ2n) is 5.12. The van der Waals surface area contributed by atoms with E-state index in [-0.39, 0.29) is 12.3 Å². The first-order chi connectivity index (χ1) is 11.0. The largest absolute Gasteiger partial charge is 0.461 e. The van der Waals surface area contributed by atoms with E-state index in [1.165, 1.54) is 0 Å². The summed E-state index contributed by atoms with van der Waals surface area (Å²) in [7, 11) is 0. The summed E-state index contributed by atoms with van der Waals surface area (Å²) in [6.45, 7) is 2.01. The van der Waals surface area contributed by atoms with E-state index < -0.39 is 11.9 Å². The second kappa shape index (κ2) is 8.08. The number of benzene rings is 1. The van der Waals surface area contributed by atoms with Gasteiger partial charge >= 0.3 is 5.97 Å². The SMILES string of the molecule is CSCCOC(=O)C1=C(C)NC(=O)CC1c1cccc(Cl)c1Cl. The lowest BCUT2D eigenvalue weighted by molar-refractivity contribution is -0.139. The number of hydrogen-bond acceptors (Lipinski definition) is 4. The molecule has 2 rings (SSSR count). The van der Waals surface area contributed by atoms with Gasteiger partial charge in [0.25, 0.3) is 0 Å². The number of hydrogen-bond donors (Lipinski definition) is 1. The minimum absolute atomic E-state index is 0.129. The molecule has 0 aliphatic carbocycles. The molecule has 1 aliphatic heterocycles. The van der Waals surface area contributed by atoms with E-state index in [2.05, 4.69) is 5.32 Å². The summed E-state index contributed by atoms with van der Waals surface area (Å²) in [5.41, 5.74) is 1.58. The topological polar surface area (TPSA) is 55.4 Å². The minimum atomic E-state index is -0.461. The molecule has 1 unspecified atom stereocenters. The van der Waals surface area contributed by atoms with Crippen molar-refractivity contribution in [1.29, 1.82) is 0 Å². The third-order valence-corrected chi connectivity index (χ3v) is 4.97. The van der Waals surface area contributed by atoms with Crippen LogP contribution in [-0.4, -0.2) is 30.5 Å². The van der Waals surface area contributed by atoms with E-state index >= 15 is 0 Å². The van der Waals surface area contributed by atoms with Crippen LogP contribution in [0.3, 0.4) is 0 Å². The number of esters is 1. The van der Waals surface area contributed by atoms with Crippen LogP contribution in [0.2, 0.25) is 10.0 Å². The van der Waals surface area contributed by atoms with Crippen molar-refractivity contribution >= 4 is 46.8 Å². The van der Waals surface area contributed by atoms with E-state index in [4.69, 9.17) is 27.9 Å². The van der Waals surface area contributed by atoms with Gasteiger partial charge in [-0.1, -0.05) is 35.3 Å². The minimum Gasteiger partial charge on any atom is -0.461 e. The zero-order chi connectivity index (χ0) is 17.0. The highest BCUT2D eigenvalue weighted by Crippen LogP contribution is 2.39. The number of halogens is 2. The highest BCUT2D eigenvalue weighted by molar-refractivity contribution is 7.98. The molecule has 1 amide bonds. The van der Waals surface area contributed by atoms with Gasteiger partial charge in [0.1, 0.15) is 6.61 Å². The van der Waals surface area contributed by atoms with Crippen LogP contribution < -0.4 is 5.32 Å². The fraction of sp³-hybridized carbons (Fsp3) is 0.375. The van der Waals surface area contributed by atoms with Crippen LogP contribution in [0.4, 0.5) is 0 Å². The lowest BCUT2D eigenvalue weighted by atomic mass is 9.84. The number of allylic oxidation sites excluding steroid dienone is 1. The molecule has 0 aromatic heterocycles. The van der Waals surface area contributed by atoms with Gasteiger partial charge in [0.2, 0.25) is 5.91 Å². The van der Waals surface area contributed by atoms with Crippen LogP contribution in [0.5, 0.6) is 0 Å².